The van der Waals surface area contributed by atoms with Gasteiger partial charge in [0.25, 0.3) is 0 Å². The fourth-order valence-electron chi connectivity index (χ4n) is 2.18. The van der Waals surface area contributed by atoms with Gasteiger partial charge in [-0.15, -0.1) is 0 Å². The number of benzene rings is 1. The van der Waals surface area contributed by atoms with Gasteiger partial charge in [-0.1, -0.05) is 18.2 Å². The molecular weight excluding hydrogens is 245 g/mol. The minimum Gasteiger partial charge on any atom is -0.359 e. The van der Waals surface area contributed by atoms with Crippen LogP contribution in [0.1, 0.15) is 24.9 Å². The average Bonchev–Trinajstić information content (AvgIpc) is 2.38. The summed E-state index contributed by atoms with van der Waals surface area (Å²) in [6.07, 6.45) is 0.366. The standard InChI is InChI=1S/C14H22FN3O/c1-10(16)14(11-6-4-5-7-12(11)15)18(3)9-8-13(19)17-2/h4-7,10,14H,8-9,16H2,1-3H3,(H,17,19). The van der Waals surface area contributed by atoms with Crippen LogP contribution in [0.3, 0.4) is 0 Å². The molecule has 19 heavy (non-hydrogen) atoms. The second kappa shape index (κ2) is 7.21. The zero-order valence-electron chi connectivity index (χ0n) is 11.7. The Hall–Kier alpha value is -1.46. The first kappa shape index (κ1) is 15.6. The van der Waals surface area contributed by atoms with Crippen molar-refractivity contribution < 1.29 is 9.18 Å². The van der Waals surface area contributed by atoms with E-state index in [2.05, 4.69) is 5.32 Å². The van der Waals surface area contributed by atoms with Crippen LogP contribution in [0.4, 0.5) is 4.39 Å². The lowest BCUT2D eigenvalue weighted by Gasteiger charge is -2.31. The van der Waals surface area contributed by atoms with Crippen LogP contribution >= 0.6 is 0 Å². The van der Waals surface area contributed by atoms with Gasteiger partial charge >= 0.3 is 0 Å². The van der Waals surface area contributed by atoms with Gasteiger partial charge in [0.1, 0.15) is 5.82 Å². The lowest BCUT2D eigenvalue weighted by Crippen LogP contribution is -2.39. The molecule has 0 aliphatic rings. The largest absolute Gasteiger partial charge is 0.359 e. The first-order chi connectivity index (χ1) is 8.97. The summed E-state index contributed by atoms with van der Waals surface area (Å²) in [7, 11) is 3.45. The summed E-state index contributed by atoms with van der Waals surface area (Å²) >= 11 is 0. The van der Waals surface area contributed by atoms with Gasteiger partial charge in [-0.3, -0.25) is 9.69 Å². The van der Waals surface area contributed by atoms with E-state index in [1.165, 1.54) is 6.07 Å². The van der Waals surface area contributed by atoms with E-state index in [0.717, 1.165) is 0 Å². The number of hydrogen-bond acceptors (Lipinski definition) is 3. The van der Waals surface area contributed by atoms with Crippen molar-refractivity contribution in [1.29, 1.82) is 0 Å². The third-order valence-electron chi connectivity index (χ3n) is 3.17. The molecule has 1 amide bonds. The van der Waals surface area contributed by atoms with Crippen LogP contribution in [0.2, 0.25) is 0 Å². The van der Waals surface area contributed by atoms with Crippen molar-refractivity contribution in [1.82, 2.24) is 10.2 Å². The summed E-state index contributed by atoms with van der Waals surface area (Å²) in [6.45, 7) is 2.37. The summed E-state index contributed by atoms with van der Waals surface area (Å²) < 4.78 is 13.9. The second-order valence-corrected chi connectivity index (χ2v) is 4.73. The van der Waals surface area contributed by atoms with Crippen LogP contribution in [-0.4, -0.2) is 37.5 Å². The predicted octanol–water partition coefficient (Wildman–Crippen LogP) is 1.28. The molecule has 1 rings (SSSR count). The number of nitrogens with two attached hydrogens (primary N) is 1. The van der Waals surface area contributed by atoms with E-state index in [4.69, 9.17) is 5.73 Å². The van der Waals surface area contributed by atoms with Gasteiger partial charge in [-0.05, 0) is 20.0 Å². The number of amides is 1. The zero-order valence-corrected chi connectivity index (χ0v) is 11.7. The molecule has 0 heterocycles. The van der Waals surface area contributed by atoms with Crippen molar-refractivity contribution in [2.45, 2.75) is 25.4 Å². The number of carbonyl (C=O) groups excluding carboxylic acids is 1. The van der Waals surface area contributed by atoms with Gasteiger partial charge in [-0.2, -0.15) is 0 Å². The molecule has 0 saturated carbocycles. The van der Waals surface area contributed by atoms with Gasteiger partial charge < -0.3 is 11.1 Å². The molecule has 3 N–H and O–H groups in total. The maximum atomic E-state index is 13.9. The van der Waals surface area contributed by atoms with Crippen molar-refractivity contribution in [3.05, 3.63) is 35.6 Å². The normalized spacial score (nSPS) is 14.2. The average molecular weight is 267 g/mol. The number of nitrogens with zero attached hydrogens (tertiary/aromatic N) is 1. The summed E-state index contributed by atoms with van der Waals surface area (Å²) in [6, 6.07) is 6.14. The second-order valence-electron chi connectivity index (χ2n) is 4.73. The van der Waals surface area contributed by atoms with Crippen molar-refractivity contribution in [3.8, 4) is 0 Å². The van der Waals surface area contributed by atoms with E-state index in [-0.39, 0.29) is 23.8 Å². The van der Waals surface area contributed by atoms with Crippen LogP contribution in [0, 0.1) is 5.82 Å². The van der Waals surface area contributed by atoms with Crippen LogP contribution in [0.15, 0.2) is 24.3 Å². The Kier molecular flexibility index (Phi) is 5.92. The molecule has 0 aliphatic heterocycles. The number of rotatable bonds is 6. The molecule has 1 aromatic carbocycles. The fraction of sp³-hybridized carbons (Fsp3) is 0.500. The highest BCUT2D eigenvalue weighted by Gasteiger charge is 2.24. The molecule has 2 atom stereocenters. The zero-order chi connectivity index (χ0) is 14.4. The monoisotopic (exact) mass is 267 g/mol. The summed E-state index contributed by atoms with van der Waals surface area (Å²) in [4.78, 5) is 13.2. The Bertz CT molecular complexity index is 423. The smallest absolute Gasteiger partial charge is 0.221 e. The highest BCUT2D eigenvalue weighted by Crippen LogP contribution is 2.24. The Morgan fingerprint density at radius 2 is 2.11 bits per heavy atom. The van der Waals surface area contributed by atoms with E-state index in [9.17, 15) is 9.18 Å². The molecule has 0 radical (unpaired) electrons. The van der Waals surface area contributed by atoms with Crippen molar-refractivity contribution in [2.24, 2.45) is 5.73 Å². The first-order valence-corrected chi connectivity index (χ1v) is 6.38. The Morgan fingerprint density at radius 3 is 2.63 bits per heavy atom. The first-order valence-electron chi connectivity index (χ1n) is 6.38. The van der Waals surface area contributed by atoms with Crippen molar-refractivity contribution in [2.75, 3.05) is 20.6 Å². The predicted molar refractivity (Wildman–Crippen MR) is 74.1 cm³/mol. The minimum atomic E-state index is -0.267. The van der Waals surface area contributed by atoms with Gasteiger partial charge in [0.05, 0.1) is 6.04 Å². The number of carbonyl (C=O) groups is 1. The third kappa shape index (κ3) is 4.29. The van der Waals surface area contributed by atoms with Crippen LogP contribution in [0.5, 0.6) is 0 Å². The van der Waals surface area contributed by atoms with E-state index in [1.54, 1.807) is 25.2 Å². The number of hydrogen-bond donors (Lipinski definition) is 2. The molecule has 4 nitrogen and oxygen atoms in total. The summed E-state index contributed by atoms with van der Waals surface area (Å²) in [5, 5.41) is 2.57. The third-order valence-corrected chi connectivity index (χ3v) is 3.17. The van der Waals surface area contributed by atoms with E-state index in [1.807, 2.05) is 18.9 Å². The molecule has 5 heteroatoms. The number of halogens is 1. The molecule has 1 aromatic rings. The maximum absolute atomic E-state index is 13.9. The Labute approximate surface area is 113 Å². The van der Waals surface area contributed by atoms with Crippen LogP contribution in [0.25, 0.3) is 0 Å². The lowest BCUT2D eigenvalue weighted by molar-refractivity contribution is -0.121. The SMILES string of the molecule is CNC(=O)CCN(C)C(c1ccccc1F)C(C)N. The fourth-order valence-corrected chi connectivity index (χ4v) is 2.18. The van der Waals surface area contributed by atoms with Crippen LogP contribution in [-0.2, 0) is 4.79 Å². The molecule has 0 aliphatic carbocycles. The quantitative estimate of drug-likeness (QED) is 0.816. The van der Waals surface area contributed by atoms with E-state index in [0.29, 0.717) is 18.5 Å². The Morgan fingerprint density at radius 1 is 1.47 bits per heavy atom. The van der Waals surface area contributed by atoms with E-state index < -0.39 is 0 Å². The highest BCUT2D eigenvalue weighted by atomic mass is 19.1. The summed E-state index contributed by atoms with van der Waals surface area (Å²) in [5.41, 5.74) is 6.54. The van der Waals surface area contributed by atoms with Gasteiger partial charge in [0, 0.05) is 31.6 Å². The van der Waals surface area contributed by atoms with E-state index >= 15 is 0 Å². The van der Waals surface area contributed by atoms with Crippen molar-refractivity contribution in [3.63, 3.8) is 0 Å². The molecule has 106 valence electrons. The van der Waals surface area contributed by atoms with Gasteiger partial charge in [0.2, 0.25) is 5.91 Å². The van der Waals surface area contributed by atoms with Gasteiger partial charge in [-0.25, -0.2) is 4.39 Å². The number of nitrogens with one attached hydrogen (secondary N) is 1. The molecule has 2 unspecified atom stereocenters. The molecule has 0 bridgehead atoms. The summed E-state index contributed by atoms with van der Waals surface area (Å²) in [5.74, 6) is -0.305. The Balaban J connectivity index is 2.83. The van der Waals surface area contributed by atoms with Gasteiger partial charge in [0.15, 0.2) is 0 Å². The molecule has 0 spiro atoms. The van der Waals surface area contributed by atoms with Crippen molar-refractivity contribution >= 4 is 5.91 Å². The molecule has 0 saturated heterocycles. The maximum Gasteiger partial charge on any atom is 0.221 e. The van der Waals surface area contributed by atoms with Crippen LogP contribution < -0.4 is 11.1 Å². The number of likely N-dealkylation sites (N-methyl/N-ethyl adjacent to an activating group) is 1. The highest BCUT2D eigenvalue weighted by molar-refractivity contribution is 5.75. The lowest BCUT2D eigenvalue weighted by atomic mass is 9.99. The topological polar surface area (TPSA) is 58.4 Å². The molecule has 0 fully saturated rings. The minimum absolute atomic E-state index is 0.0381. The molecule has 0 aromatic heterocycles. The molecular formula is C14H22FN3O.